The molecule has 0 radical (unpaired) electrons. The number of hydrogen-bond donors (Lipinski definition) is 2. The minimum Gasteiger partial charge on any atom is -0.353 e. The van der Waals surface area contributed by atoms with E-state index in [9.17, 15) is 4.79 Å². The first-order valence-electron chi connectivity index (χ1n) is 5.09. The number of hydrogen-bond acceptors (Lipinski definition) is 3. The number of nitrogens with zero attached hydrogens (tertiary/aromatic N) is 2. The van der Waals surface area contributed by atoms with Gasteiger partial charge in [-0.3, -0.25) is 4.79 Å². The zero-order valence-electron chi connectivity index (χ0n) is 9.23. The molecule has 1 unspecified atom stereocenters. The van der Waals surface area contributed by atoms with Crippen LogP contribution in [0.3, 0.4) is 0 Å². The van der Waals surface area contributed by atoms with Crippen molar-refractivity contribution < 1.29 is 4.79 Å². The number of imidazole rings is 1. The summed E-state index contributed by atoms with van der Waals surface area (Å²) in [5, 5.41) is 2.80. The van der Waals surface area contributed by atoms with Crippen molar-refractivity contribution in [1.29, 1.82) is 0 Å². The van der Waals surface area contributed by atoms with Gasteiger partial charge in [0.15, 0.2) is 0 Å². The number of aromatic nitrogens is 2. The van der Waals surface area contributed by atoms with Gasteiger partial charge >= 0.3 is 0 Å². The van der Waals surface area contributed by atoms with Gasteiger partial charge in [-0.2, -0.15) is 0 Å². The summed E-state index contributed by atoms with van der Waals surface area (Å²) < 4.78 is 1.90. The van der Waals surface area contributed by atoms with Crippen molar-refractivity contribution in [3.05, 3.63) is 18.7 Å². The molecule has 15 heavy (non-hydrogen) atoms. The Morgan fingerprint density at radius 3 is 2.93 bits per heavy atom. The van der Waals surface area contributed by atoms with Crippen molar-refractivity contribution in [1.82, 2.24) is 14.9 Å². The first-order valence-corrected chi connectivity index (χ1v) is 5.09. The van der Waals surface area contributed by atoms with Crippen molar-refractivity contribution in [2.45, 2.75) is 32.4 Å². The molecule has 1 aromatic rings. The molecule has 1 atom stereocenters. The minimum absolute atomic E-state index is 0.106. The molecular formula is C10H18N4O. The smallest absolute Gasteiger partial charge is 0.239 e. The molecule has 0 bridgehead atoms. The molecule has 0 saturated carbocycles. The van der Waals surface area contributed by atoms with Gasteiger partial charge in [-0.05, 0) is 13.3 Å². The molecule has 0 saturated heterocycles. The zero-order valence-corrected chi connectivity index (χ0v) is 9.23. The molecule has 0 aliphatic carbocycles. The van der Waals surface area contributed by atoms with Crippen LogP contribution in [0.5, 0.6) is 0 Å². The fourth-order valence-electron chi connectivity index (χ4n) is 1.08. The SMILES string of the molecule is CCC(C)(N)C(=O)NCCn1ccnc1. The van der Waals surface area contributed by atoms with Crippen LogP contribution in [0.15, 0.2) is 18.7 Å². The third-order valence-electron chi connectivity index (χ3n) is 2.47. The second kappa shape index (κ2) is 4.93. The summed E-state index contributed by atoms with van der Waals surface area (Å²) in [5.41, 5.74) is 5.02. The number of nitrogens with one attached hydrogen (secondary N) is 1. The molecule has 3 N–H and O–H groups in total. The summed E-state index contributed by atoms with van der Waals surface area (Å²) in [4.78, 5) is 15.5. The maximum atomic E-state index is 11.6. The van der Waals surface area contributed by atoms with E-state index in [2.05, 4.69) is 10.3 Å². The molecule has 1 amide bonds. The minimum atomic E-state index is -0.769. The van der Waals surface area contributed by atoms with E-state index >= 15 is 0 Å². The number of rotatable bonds is 5. The molecule has 0 aliphatic heterocycles. The first-order chi connectivity index (χ1) is 7.06. The van der Waals surface area contributed by atoms with Crippen LogP contribution in [0.1, 0.15) is 20.3 Å². The lowest BCUT2D eigenvalue weighted by atomic mass is 10.00. The summed E-state index contributed by atoms with van der Waals surface area (Å²) in [5.74, 6) is -0.106. The predicted molar refractivity (Wildman–Crippen MR) is 58.1 cm³/mol. The molecule has 0 aliphatic rings. The number of nitrogens with two attached hydrogens (primary N) is 1. The molecule has 1 rings (SSSR count). The maximum absolute atomic E-state index is 11.6. The predicted octanol–water partition coefficient (Wildman–Crippen LogP) is 0.127. The van der Waals surface area contributed by atoms with Crippen LogP contribution in [0, 0.1) is 0 Å². The lowest BCUT2D eigenvalue weighted by molar-refractivity contribution is -0.125. The Bertz CT molecular complexity index is 305. The largest absolute Gasteiger partial charge is 0.353 e. The van der Waals surface area contributed by atoms with Crippen molar-refractivity contribution in [3.63, 3.8) is 0 Å². The van der Waals surface area contributed by atoms with Crippen LogP contribution < -0.4 is 11.1 Å². The molecule has 5 heteroatoms. The van der Waals surface area contributed by atoms with Crippen LogP contribution in [-0.2, 0) is 11.3 Å². The van der Waals surface area contributed by atoms with E-state index in [-0.39, 0.29) is 5.91 Å². The lowest BCUT2D eigenvalue weighted by Crippen LogP contribution is -2.51. The van der Waals surface area contributed by atoms with E-state index < -0.39 is 5.54 Å². The summed E-state index contributed by atoms with van der Waals surface area (Å²) >= 11 is 0. The fraction of sp³-hybridized carbons (Fsp3) is 0.600. The second-order valence-corrected chi connectivity index (χ2v) is 3.83. The summed E-state index contributed by atoms with van der Waals surface area (Å²) in [6, 6.07) is 0. The Kier molecular flexibility index (Phi) is 3.85. The highest BCUT2D eigenvalue weighted by Gasteiger charge is 2.25. The van der Waals surface area contributed by atoms with Crippen LogP contribution in [0.2, 0.25) is 0 Å². The summed E-state index contributed by atoms with van der Waals surface area (Å²) in [7, 11) is 0. The normalized spacial score (nSPS) is 14.6. The quantitative estimate of drug-likeness (QED) is 0.725. The summed E-state index contributed by atoms with van der Waals surface area (Å²) in [6.07, 6.45) is 5.91. The Morgan fingerprint density at radius 1 is 1.67 bits per heavy atom. The van der Waals surface area contributed by atoms with Gasteiger partial charge in [-0.25, -0.2) is 4.98 Å². The van der Waals surface area contributed by atoms with E-state index in [1.807, 2.05) is 17.7 Å². The van der Waals surface area contributed by atoms with Gasteiger partial charge in [0.05, 0.1) is 11.9 Å². The molecule has 5 nitrogen and oxygen atoms in total. The first kappa shape index (κ1) is 11.7. The Morgan fingerprint density at radius 2 is 2.40 bits per heavy atom. The lowest BCUT2D eigenvalue weighted by Gasteiger charge is -2.21. The highest BCUT2D eigenvalue weighted by Crippen LogP contribution is 2.03. The van der Waals surface area contributed by atoms with Crippen LogP contribution in [0.4, 0.5) is 0 Å². The molecular weight excluding hydrogens is 192 g/mol. The van der Waals surface area contributed by atoms with Crippen LogP contribution in [0.25, 0.3) is 0 Å². The molecule has 1 aromatic heterocycles. The Balaban J connectivity index is 2.29. The van der Waals surface area contributed by atoms with E-state index in [0.29, 0.717) is 19.5 Å². The van der Waals surface area contributed by atoms with Crippen LogP contribution >= 0.6 is 0 Å². The maximum Gasteiger partial charge on any atom is 0.239 e. The monoisotopic (exact) mass is 210 g/mol. The van der Waals surface area contributed by atoms with E-state index in [1.54, 1.807) is 19.4 Å². The Hall–Kier alpha value is -1.36. The fourth-order valence-corrected chi connectivity index (χ4v) is 1.08. The molecule has 0 fully saturated rings. The highest BCUT2D eigenvalue weighted by molar-refractivity contribution is 5.85. The molecule has 1 heterocycles. The summed E-state index contributed by atoms with van der Waals surface area (Å²) in [6.45, 7) is 4.92. The molecule has 84 valence electrons. The van der Waals surface area contributed by atoms with Crippen molar-refractivity contribution in [2.24, 2.45) is 5.73 Å². The van der Waals surface area contributed by atoms with Gasteiger partial charge in [0.1, 0.15) is 0 Å². The van der Waals surface area contributed by atoms with Crippen molar-refractivity contribution >= 4 is 5.91 Å². The number of amides is 1. The van der Waals surface area contributed by atoms with Crippen molar-refractivity contribution in [3.8, 4) is 0 Å². The molecule has 0 aromatic carbocycles. The van der Waals surface area contributed by atoms with E-state index in [1.165, 1.54) is 0 Å². The van der Waals surface area contributed by atoms with Gasteiger partial charge in [-0.1, -0.05) is 6.92 Å². The van der Waals surface area contributed by atoms with Crippen LogP contribution in [-0.4, -0.2) is 27.5 Å². The second-order valence-electron chi connectivity index (χ2n) is 3.83. The molecule has 0 spiro atoms. The third-order valence-corrected chi connectivity index (χ3v) is 2.47. The standard InChI is InChI=1S/C10H18N4O/c1-3-10(2,11)9(15)13-5-7-14-6-4-12-8-14/h4,6,8H,3,5,7,11H2,1-2H3,(H,13,15). The average molecular weight is 210 g/mol. The third kappa shape index (κ3) is 3.36. The number of carbonyl (C=O) groups excluding carboxylic acids is 1. The number of carbonyl (C=O) groups is 1. The van der Waals surface area contributed by atoms with Gasteiger partial charge in [0.2, 0.25) is 5.91 Å². The van der Waals surface area contributed by atoms with Gasteiger partial charge in [-0.15, -0.1) is 0 Å². The average Bonchev–Trinajstić information content (AvgIpc) is 2.70. The topological polar surface area (TPSA) is 72.9 Å². The van der Waals surface area contributed by atoms with Gasteiger partial charge in [0.25, 0.3) is 0 Å². The zero-order chi connectivity index (χ0) is 11.3. The van der Waals surface area contributed by atoms with E-state index in [4.69, 9.17) is 5.73 Å². The van der Waals surface area contributed by atoms with Crippen molar-refractivity contribution in [2.75, 3.05) is 6.54 Å². The van der Waals surface area contributed by atoms with E-state index in [0.717, 1.165) is 0 Å². The van der Waals surface area contributed by atoms with Gasteiger partial charge < -0.3 is 15.6 Å². The van der Waals surface area contributed by atoms with Gasteiger partial charge in [0, 0.05) is 25.5 Å². The Labute approximate surface area is 89.7 Å². The highest BCUT2D eigenvalue weighted by atomic mass is 16.2.